The maximum Gasteiger partial charge on any atom is 0.167 e. The zero-order chi connectivity index (χ0) is 9.97. The predicted molar refractivity (Wildman–Crippen MR) is 54.5 cm³/mol. The van der Waals surface area contributed by atoms with Gasteiger partial charge in [-0.05, 0) is 6.42 Å². The van der Waals surface area contributed by atoms with Crippen LogP contribution in [0.3, 0.4) is 0 Å². The van der Waals surface area contributed by atoms with Gasteiger partial charge in [0.1, 0.15) is 0 Å². The van der Waals surface area contributed by atoms with E-state index in [0.29, 0.717) is 0 Å². The fourth-order valence-corrected chi connectivity index (χ4v) is 1.54. The number of ether oxygens (including phenoxy) is 1. The van der Waals surface area contributed by atoms with Gasteiger partial charge in [-0.2, -0.15) is 0 Å². The molecule has 3 nitrogen and oxygen atoms in total. The molecule has 0 saturated carbocycles. The summed E-state index contributed by atoms with van der Waals surface area (Å²) in [5, 5.41) is 6.38. The van der Waals surface area contributed by atoms with E-state index in [4.69, 9.17) is 4.74 Å². The first-order chi connectivity index (χ1) is 6.81. The molecule has 0 aliphatic carbocycles. The Bertz CT molecular complexity index is 341. The van der Waals surface area contributed by atoms with Crippen LogP contribution in [0, 0.1) is 5.82 Å². The molecule has 1 heterocycles. The highest BCUT2D eigenvalue weighted by Gasteiger charge is 2.11. The van der Waals surface area contributed by atoms with Crippen molar-refractivity contribution in [3.63, 3.8) is 0 Å². The fourth-order valence-electron chi connectivity index (χ4n) is 1.54. The molecule has 0 amide bonds. The van der Waals surface area contributed by atoms with E-state index in [1.54, 1.807) is 6.07 Å². The molecule has 76 valence electrons. The van der Waals surface area contributed by atoms with E-state index in [2.05, 4.69) is 10.6 Å². The average Bonchev–Trinajstić information content (AvgIpc) is 2.41. The topological polar surface area (TPSA) is 33.3 Å². The van der Waals surface area contributed by atoms with Gasteiger partial charge in [0.2, 0.25) is 0 Å². The standard InChI is InChI=1S/C10H13FN2O/c1-14-10-6-9-8(5-7(10)11)12-3-2-4-13-9/h5-6,12-13H,2-4H2,1H3. The lowest BCUT2D eigenvalue weighted by molar-refractivity contribution is 0.387. The molecule has 1 aliphatic rings. The van der Waals surface area contributed by atoms with Crippen LogP contribution in [-0.4, -0.2) is 20.2 Å². The molecule has 1 aromatic rings. The Morgan fingerprint density at radius 2 is 1.86 bits per heavy atom. The molecule has 0 saturated heterocycles. The van der Waals surface area contributed by atoms with Gasteiger partial charge in [0, 0.05) is 25.2 Å². The van der Waals surface area contributed by atoms with E-state index in [0.717, 1.165) is 30.9 Å². The van der Waals surface area contributed by atoms with Crippen LogP contribution >= 0.6 is 0 Å². The third-order valence-electron chi connectivity index (χ3n) is 2.28. The SMILES string of the molecule is COc1cc2c(cc1F)NCCCN2. The fraction of sp³-hybridized carbons (Fsp3) is 0.400. The second kappa shape index (κ2) is 3.74. The van der Waals surface area contributed by atoms with Gasteiger partial charge in [-0.25, -0.2) is 4.39 Å². The molecule has 2 N–H and O–H groups in total. The number of rotatable bonds is 1. The zero-order valence-electron chi connectivity index (χ0n) is 8.06. The second-order valence-electron chi connectivity index (χ2n) is 3.24. The van der Waals surface area contributed by atoms with Gasteiger partial charge in [-0.15, -0.1) is 0 Å². The molecular weight excluding hydrogens is 183 g/mol. The largest absolute Gasteiger partial charge is 0.494 e. The van der Waals surface area contributed by atoms with Crippen molar-refractivity contribution in [2.45, 2.75) is 6.42 Å². The summed E-state index contributed by atoms with van der Waals surface area (Å²) in [5.41, 5.74) is 1.71. The molecule has 0 unspecified atom stereocenters. The molecule has 0 aromatic heterocycles. The van der Waals surface area contributed by atoms with Crippen molar-refractivity contribution in [2.75, 3.05) is 30.8 Å². The number of hydrogen-bond donors (Lipinski definition) is 2. The molecule has 0 bridgehead atoms. The molecule has 0 atom stereocenters. The van der Waals surface area contributed by atoms with Crippen LogP contribution in [-0.2, 0) is 0 Å². The number of methoxy groups -OCH3 is 1. The van der Waals surface area contributed by atoms with Crippen molar-refractivity contribution in [3.8, 4) is 5.75 Å². The van der Waals surface area contributed by atoms with Crippen LogP contribution in [0.5, 0.6) is 5.75 Å². The Labute approximate surface area is 82.3 Å². The number of nitrogens with one attached hydrogen (secondary N) is 2. The van der Waals surface area contributed by atoms with E-state index < -0.39 is 0 Å². The second-order valence-corrected chi connectivity index (χ2v) is 3.24. The number of benzene rings is 1. The molecule has 4 heteroatoms. The summed E-state index contributed by atoms with van der Waals surface area (Å²) in [6.07, 6.45) is 1.03. The summed E-state index contributed by atoms with van der Waals surface area (Å²) >= 11 is 0. The van der Waals surface area contributed by atoms with E-state index >= 15 is 0 Å². The monoisotopic (exact) mass is 196 g/mol. The number of anilines is 2. The van der Waals surface area contributed by atoms with Gasteiger partial charge < -0.3 is 15.4 Å². The van der Waals surface area contributed by atoms with Gasteiger partial charge in [0.05, 0.1) is 18.5 Å². The van der Waals surface area contributed by atoms with Crippen molar-refractivity contribution in [2.24, 2.45) is 0 Å². The Balaban J connectivity index is 2.41. The third-order valence-corrected chi connectivity index (χ3v) is 2.28. The summed E-state index contributed by atoms with van der Waals surface area (Å²) in [5.74, 6) is -0.0533. The van der Waals surface area contributed by atoms with E-state index in [-0.39, 0.29) is 11.6 Å². The minimum atomic E-state index is -0.331. The van der Waals surface area contributed by atoms with Crippen LogP contribution in [0.1, 0.15) is 6.42 Å². The maximum absolute atomic E-state index is 13.3. The van der Waals surface area contributed by atoms with E-state index in [9.17, 15) is 4.39 Å². The van der Waals surface area contributed by atoms with Crippen LogP contribution in [0.15, 0.2) is 12.1 Å². The van der Waals surface area contributed by atoms with Gasteiger partial charge in [-0.1, -0.05) is 0 Å². The van der Waals surface area contributed by atoms with E-state index in [1.807, 2.05) is 0 Å². The maximum atomic E-state index is 13.3. The van der Waals surface area contributed by atoms with Crippen LogP contribution in [0.4, 0.5) is 15.8 Å². The molecule has 2 rings (SSSR count). The highest BCUT2D eigenvalue weighted by molar-refractivity contribution is 5.71. The predicted octanol–water partition coefficient (Wildman–Crippen LogP) is 2.06. The lowest BCUT2D eigenvalue weighted by atomic mass is 10.2. The van der Waals surface area contributed by atoms with Gasteiger partial charge >= 0.3 is 0 Å². The molecule has 1 aliphatic heterocycles. The quantitative estimate of drug-likeness (QED) is 0.721. The van der Waals surface area contributed by atoms with E-state index in [1.165, 1.54) is 13.2 Å². The molecule has 0 spiro atoms. The van der Waals surface area contributed by atoms with Crippen LogP contribution in [0.2, 0.25) is 0 Å². The minimum absolute atomic E-state index is 0.278. The lowest BCUT2D eigenvalue weighted by Gasteiger charge is -2.10. The summed E-state index contributed by atoms with van der Waals surface area (Å²) in [4.78, 5) is 0. The summed E-state index contributed by atoms with van der Waals surface area (Å²) in [7, 11) is 1.47. The van der Waals surface area contributed by atoms with Gasteiger partial charge in [0.15, 0.2) is 11.6 Å². The number of halogens is 1. The highest BCUT2D eigenvalue weighted by Crippen LogP contribution is 2.31. The first-order valence-electron chi connectivity index (χ1n) is 4.66. The molecule has 0 fully saturated rings. The van der Waals surface area contributed by atoms with Crippen molar-refractivity contribution in [1.82, 2.24) is 0 Å². The van der Waals surface area contributed by atoms with Gasteiger partial charge in [-0.3, -0.25) is 0 Å². The first kappa shape index (κ1) is 9.12. The summed E-state index contributed by atoms with van der Waals surface area (Å²) < 4.78 is 18.2. The number of hydrogen-bond acceptors (Lipinski definition) is 3. The smallest absolute Gasteiger partial charge is 0.167 e. The Hall–Kier alpha value is -1.45. The minimum Gasteiger partial charge on any atom is -0.494 e. The van der Waals surface area contributed by atoms with Gasteiger partial charge in [0.25, 0.3) is 0 Å². The Kier molecular flexibility index (Phi) is 2.43. The Morgan fingerprint density at radius 3 is 2.50 bits per heavy atom. The third kappa shape index (κ3) is 1.60. The lowest BCUT2D eigenvalue weighted by Crippen LogP contribution is -2.01. The van der Waals surface area contributed by atoms with Crippen LogP contribution < -0.4 is 15.4 Å². The molecule has 0 radical (unpaired) electrons. The highest BCUT2D eigenvalue weighted by atomic mass is 19.1. The van der Waals surface area contributed by atoms with Crippen LogP contribution in [0.25, 0.3) is 0 Å². The first-order valence-corrected chi connectivity index (χ1v) is 4.66. The summed E-state index contributed by atoms with van der Waals surface area (Å²) in [6, 6.07) is 3.15. The molecular formula is C10H13FN2O. The van der Waals surface area contributed by atoms with Crippen molar-refractivity contribution in [3.05, 3.63) is 17.9 Å². The van der Waals surface area contributed by atoms with Crippen molar-refractivity contribution in [1.29, 1.82) is 0 Å². The Morgan fingerprint density at radius 1 is 1.21 bits per heavy atom. The average molecular weight is 196 g/mol. The molecule has 14 heavy (non-hydrogen) atoms. The molecule has 1 aromatic carbocycles. The zero-order valence-corrected chi connectivity index (χ0v) is 8.06. The summed E-state index contributed by atoms with van der Waals surface area (Å²) in [6.45, 7) is 1.76. The van der Waals surface area contributed by atoms with Crippen molar-refractivity contribution >= 4 is 11.4 Å². The number of fused-ring (bicyclic) bond motifs is 1. The van der Waals surface area contributed by atoms with Crippen molar-refractivity contribution < 1.29 is 9.13 Å². The normalized spacial score (nSPS) is 14.7.